The minimum atomic E-state index is -4.51. The Morgan fingerprint density at radius 1 is 1.14 bits per heavy atom. The van der Waals surface area contributed by atoms with Crippen molar-refractivity contribution in [2.24, 2.45) is 7.05 Å². The van der Waals surface area contributed by atoms with Gasteiger partial charge in [-0.2, -0.15) is 18.3 Å². The van der Waals surface area contributed by atoms with Crippen LogP contribution in [0.5, 0.6) is 5.88 Å². The second-order valence-corrected chi connectivity index (χ2v) is 9.51. The fraction of sp³-hybridized carbons (Fsp3) is 0.423. The lowest BCUT2D eigenvalue weighted by atomic mass is 10.00. The van der Waals surface area contributed by atoms with Gasteiger partial charge in [0.1, 0.15) is 5.69 Å². The van der Waals surface area contributed by atoms with Crippen LogP contribution in [0.2, 0.25) is 0 Å². The van der Waals surface area contributed by atoms with Gasteiger partial charge in [0.25, 0.3) is 0 Å². The van der Waals surface area contributed by atoms with Crippen molar-refractivity contribution < 1.29 is 22.7 Å². The topological polar surface area (TPSA) is 66.7 Å². The third-order valence-electron chi connectivity index (χ3n) is 7.11. The Labute approximate surface area is 213 Å². The van der Waals surface area contributed by atoms with Crippen LogP contribution < -0.4 is 14.5 Å². The van der Waals surface area contributed by atoms with E-state index in [0.29, 0.717) is 44.2 Å². The molecule has 2 aliphatic rings. The van der Waals surface area contributed by atoms with Crippen molar-refractivity contribution in [1.29, 1.82) is 0 Å². The van der Waals surface area contributed by atoms with E-state index >= 15 is 0 Å². The lowest BCUT2D eigenvalue weighted by Crippen LogP contribution is -2.54. The summed E-state index contributed by atoms with van der Waals surface area (Å²) in [6.45, 7) is 3.59. The average Bonchev–Trinajstić information content (AvgIpc) is 3.25. The van der Waals surface area contributed by atoms with Gasteiger partial charge in [0.2, 0.25) is 5.88 Å². The summed E-state index contributed by atoms with van der Waals surface area (Å²) >= 11 is 0. The van der Waals surface area contributed by atoms with E-state index in [-0.39, 0.29) is 24.2 Å². The van der Waals surface area contributed by atoms with Crippen molar-refractivity contribution in [3.8, 4) is 5.88 Å². The molecule has 2 aromatic heterocycles. The predicted molar refractivity (Wildman–Crippen MR) is 133 cm³/mol. The highest BCUT2D eigenvalue weighted by Gasteiger charge is 2.40. The third kappa shape index (κ3) is 4.70. The molecular formula is C26H29F3N6O2. The maximum Gasteiger partial charge on any atom is 0.416 e. The van der Waals surface area contributed by atoms with Crippen molar-refractivity contribution in [2.45, 2.75) is 45.1 Å². The van der Waals surface area contributed by atoms with Crippen LogP contribution >= 0.6 is 0 Å². The summed E-state index contributed by atoms with van der Waals surface area (Å²) in [4.78, 5) is 23.5. The van der Waals surface area contributed by atoms with Crippen LogP contribution in [0.4, 0.5) is 29.5 Å². The number of alkyl halides is 3. The molecule has 0 N–H and O–H groups in total. The Bertz CT molecular complexity index is 1300. The van der Waals surface area contributed by atoms with Crippen molar-refractivity contribution in [3.05, 3.63) is 65.0 Å². The van der Waals surface area contributed by atoms with E-state index < -0.39 is 11.7 Å². The van der Waals surface area contributed by atoms with Crippen LogP contribution in [0.15, 0.2) is 42.7 Å². The van der Waals surface area contributed by atoms with Crippen LogP contribution in [-0.4, -0.2) is 51.9 Å². The van der Waals surface area contributed by atoms with Gasteiger partial charge in [-0.3, -0.25) is 9.58 Å². The number of aryl methyl sites for hydroxylation is 2. The van der Waals surface area contributed by atoms with Gasteiger partial charge in [-0.25, -0.2) is 9.78 Å². The first-order valence-corrected chi connectivity index (χ1v) is 12.2. The van der Waals surface area contributed by atoms with E-state index in [1.165, 1.54) is 17.0 Å². The molecule has 0 saturated carbocycles. The number of pyridine rings is 1. The third-order valence-corrected chi connectivity index (χ3v) is 7.11. The molecule has 0 aliphatic carbocycles. The van der Waals surface area contributed by atoms with E-state index in [1.54, 1.807) is 36.0 Å². The molecule has 1 fully saturated rings. The van der Waals surface area contributed by atoms with Gasteiger partial charge in [0.15, 0.2) is 5.82 Å². The Hall–Kier alpha value is -3.76. The SMILES string of the molecule is COc1nccc(C)c1N1CCC(N2Cc3cn(C)nc3N(Cc3ccccc3C(F)(F)F)C2=O)CC1. The van der Waals surface area contributed by atoms with Crippen LogP contribution in [0.3, 0.4) is 0 Å². The number of hydrogen-bond donors (Lipinski definition) is 0. The standard InChI is InChI=1S/C26H29F3N6O2/c1-17-8-11-30-24(37-3)22(17)33-12-9-20(10-13-33)34-16-19-14-32(2)31-23(19)35(25(34)36)15-18-6-4-5-7-21(18)26(27,28)29/h4-8,11,14,20H,9-10,12-13,15-16H2,1-3H3. The van der Waals surface area contributed by atoms with Gasteiger partial charge in [-0.15, -0.1) is 0 Å². The van der Waals surface area contributed by atoms with E-state index in [9.17, 15) is 18.0 Å². The molecule has 2 amide bonds. The van der Waals surface area contributed by atoms with Gasteiger partial charge >= 0.3 is 12.2 Å². The molecular weight excluding hydrogens is 485 g/mol. The number of carbonyl (C=O) groups is 1. The number of ether oxygens (including phenoxy) is 1. The molecule has 4 heterocycles. The Balaban J connectivity index is 1.39. The number of urea groups is 1. The highest BCUT2D eigenvalue weighted by Crippen LogP contribution is 2.37. The smallest absolute Gasteiger partial charge is 0.416 e. The minimum absolute atomic E-state index is 0.0378. The Morgan fingerprint density at radius 3 is 2.57 bits per heavy atom. The number of halogens is 3. The monoisotopic (exact) mass is 514 g/mol. The average molecular weight is 515 g/mol. The van der Waals surface area contributed by atoms with Crippen LogP contribution in [-0.2, 0) is 26.3 Å². The van der Waals surface area contributed by atoms with Crippen LogP contribution in [0.1, 0.15) is 35.1 Å². The van der Waals surface area contributed by atoms with Gasteiger partial charge < -0.3 is 14.5 Å². The fourth-order valence-electron chi connectivity index (χ4n) is 5.35. The summed E-state index contributed by atoms with van der Waals surface area (Å²) in [5.41, 5.74) is 2.13. The van der Waals surface area contributed by atoms with Gasteiger partial charge in [0, 0.05) is 44.1 Å². The van der Waals surface area contributed by atoms with Crippen LogP contribution in [0, 0.1) is 6.92 Å². The molecule has 1 aromatic carbocycles. The molecule has 2 aliphatic heterocycles. The number of carbonyl (C=O) groups excluding carboxylic acids is 1. The first-order chi connectivity index (χ1) is 17.7. The van der Waals surface area contributed by atoms with Gasteiger partial charge in [-0.1, -0.05) is 18.2 Å². The Kier molecular flexibility index (Phi) is 6.47. The minimum Gasteiger partial charge on any atom is -0.480 e. The molecule has 0 unspecified atom stereocenters. The zero-order valence-electron chi connectivity index (χ0n) is 21.0. The number of hydrogen-bond acceptors (Lipinski definition) is 5. The van der Waals surface area contributed by atoms with Crippen molar-refractivity contribution in [2.75, 3.05) is 30.0 Å². The number of aromatic nitrogens is 3. The molecule has 3 aromatic rings. The fourth-order valence-corrected chi connectivity index (χ4v) is 5.35. The number of amides is 2. The number of methoxy groups -OCH3 is 1. The first kappa shape index (κ1) is 24.9. The molecule has 37 heavy (non-hydrogen) atoms. The van der Waals surface area contributed by atoms with Crippen molar-refractivity contribution in [3.63, 3.8) is 0 Å². The maximum absolute atomic E-state index is 13.7. The number of rotatable bonds is 5. The molecule has 11 heteroatoms. The molecule has 196 valence electrons. The molecule has 0 spiro atoms. The quantitative estimate of drug-likeness (QED) is 0.491. The van der Waals surface area contributed by atoms with Gasteiger partial charge in [-0.05, 0) is 43.0 Å². The maximum atomic E-state index is 13.7. The zero-order chi connectivity index (χ0) is 26.3. The summed E-state index contributed by atoms with van der Waals surface area (Å²) in [6, 6.07) is 6.94. The summed E-state index contributed by atoms with van der Waals surface area (Å²) in [5, 5.41) is 4.42. The van der Waals surface area contributed by atoms with E-state index in [2.05, 4.69) is 15.0 Å². The molecule has 5 rings (SSSR count). The second-order valence-electron chi connectivity index (χ2n) is 9.51. The summed E-state index contributed by atoms with van der Waals surface area (Å²) in [7, 11) is 3.35. The first-order valence-electron chi connectivity index (χ1n) is 12.2. The number of anilines is 2. The number of piperidine rings is 1. The van der Waals surface area contributed by atoms with E-state index in [0.717, 1.165) is 22.9 Å². The molecule has 0 atom stereocenters. The largest absolute Gasteiger partial charge is 0.480 e. The van der Waals surface area contributed by atoms with Gasteiger partial charge in [0.05, 0.1) is 25.8 Å². The highest BCUT2D eigenvalue weighted by molar-refractivity contribution is 5.94. The van der Waals surface area contributed by atoms with Crippen molar-refractivity contribution >= 4 is 17.5 Å². The van der Waals surface area contributed by atoms with E-state index in [1.807, 2.05) is 19.2 Å². The molecule has 0 radical (unpaired) electrons. The molecule has 0 bridgehead atoms. The molecule has 8 nitrogen and oxygen atoms in total. The highest BCUT2D eigenvalue weighted by atomic mass is 19.4. The van der Waals surface area contributed by atoms with Crippen molar-refractivity contribution in [1.82, 2.24) is 19.7 Å². The summed E-state index contributed by atoms with van der Waals surface area (Å²) in [6.07, 6.45) is 0.461. The predicted octanol–water partition coefficient (Wildman–Crippen LogP) is 4.76. The normalized spacial score (nSPS) is 16.8. The Morgan fingerprint density at radius 2 is 1.86 bits per heavy atom. The zero-order valence-corrected chi connectivity index (χ0v) is 21.0. The lowest BCUT2D eigenvalue weighted by molar-refractivity contribution is -0.138. The van der Waals surface area contributed by atoms with Crippen LogP contribution in [0.25, 0.3) is 0 Å². The summed E-state index contributed by atoms with van der Waals surface area (Å²) in [5.74, 6) is 0.982. The molecule has 1 saturated heterocycles. The number of benzene rings is 1. The summed E-state index contributed by atoms with van der Waals surface area (Å²) < 4.78 is 48.1. The van der Waals surface area contributed by atoms with E-state index in [4.69, 9.17) is 4.74 Å². The second kappa shape index (κ2) is 9.60. The lowest BCUT2D eigenvalue weighted by Gasteiger charge is -2.43. The number of fused-ring (bicyclic) bond motifs is 1. The number of nitrogens with zero attached hydrogens (tertiary/aromatic N) is 6.